The van der Waals surface area contributed by atoms with Gasteiger partial charge in [0.05, 0.1) is 5.69 Å². The SMILES string of the molecule is Cc1cccc(C(=O)c2c(C3CC3)[nH]n(C)c2=O)c1C. The molecule has 0 bridgehead atoms. The van der Waals surface area contributed by atoms with Crippen LogP contribution in [0, 0.1) is 13.8 Å². The van der Waals surface area contributed by atoms with Crippen LogP contribution in [0.4, 0.5) is 0 Å². The third kappa shape index (κ3) is 1.92. The number of nitrogens with one attached hydrogen (secondary N) is 1. The first-order chi connectivity index (χ1) is 9.50. The summed E-state index contributed by atoms with van der Waals surface area (Å²) in [6.45, 7) is 3.90. The molecule has 1 heterocycles. The van der Waals surface area contributed by atoms with Crippen LogP contribution in [0.25, 0.3) is 0 Å². The van der Waals surface area contributed by atoms with E-state index in [0.717, 1.165) is 29.7 Å². The lowest BCUT2D eigenvalue weighted by atomic mass is 9.95. The molecule has 1 fully saturated rings. The number of ketones is 1. The normalized spacial score (nSPS) is 14.6. The highest BCUT2D eigenvalue weighted by molar-refractivity contribution is 6.10. The van der Waals surface area contributed by atoms with Gasteiger partial charge in [0.25, 0.3) is 5.56 Å². The van der Waals surface area contributed by atoms with Gasteiger partial charge in [-0.1, -0.05) is 18.2 Å². The zero-order valence-corrected chi connectivity index (χ0v) is 12.0. The molecule has 4 heteroatoms. The van der Waals surface area contributed by atoms with Crippen LogP contribution >= 0.6 is 0 Å². The van der Waals surface area contributed by atoms with Crippen LogP contribution in [0.1, 0.15) is 51.5 Å². The molecular formula is C16H18N2O2. The molecule has 1 N–H and O–H groups in total. The molecule has 1 aromatic carbocycles. The van der Waals surface area contributed by atoms with Gasteiger partial charge in [-0.3, -0.25) is 19.4 Å². The predicted octanol–water partition coefficient (Wildman–Crippen LogP) is 2.44. The van der Waals surface area contributed by atoms with E-state index < -0.39 is 0 Å². The summed E-state index contributed by atoms with van der Waals surface area (Å²) in [5, 5.41) is 3.04. The Balaban J connectivity index is 2.16. The van der Waals surface area contributed by atoms with Crippen molar-refractivity contribution in [2.45, 2.75) is 32.6 Å². The van der Waals surface area contributed by atoms with Crippen LogP contribution < -0.4 is 5.56 Å². The Morgan fingerprint density at radius 3 is 2.65 bits per heavy atom. The molecule has 104 valence electrons. The van der Waals surface area contributed by atoms with E-state index in [1.165, 1.54) is 4.68 Å². The Morgan fingerprint density at radius 1 is 1.30 bits per heavy atom. The first-order valence-corrected chi connectivity index (χ1v) is 6.90. The zero-order chi connectivity index (χ0) is 14.4. The Kier molecular flexibility index (Phi) is 2.89. The molecule has 0 amide bonds. The summed E-state index contributed by atoms with van der Waals surface area (Å²) < 4.78 is 1.41. The number of carbonyl (C=O) groups is 1. The molecule has 1 aromatic heterocycles. The third-order valence-electron chi connectivity index (χ3n) is 4.14. The van der Waals surface area contributed by atoms with E-state index in [9.17, 15) is 9.59 Å². The number of hydrogen-bond acceptors (Lipinski definition) is 2. The number of aromatic nitrogens is 2. The van der Waals surface area contributed by atoms with Crippen molar-refractivity contribution < 1.29 is 4.79 Å². The van der Waals surface area contributed by atoms with Crippen LogP contribution in [-0.2, 0) is 7.05 Å². The van der Waals surface area contributed by atoms with Gasteiger partial charge in [0, 0.05) is 18.5 Å². The molecule has 0 radical (unpaired) electrons. The average molecular weight is 270 g/mol. The van der Waals surface area contributed by atoms with Crippen molar-refractivity contribution in [3.63, 3.8) is 0 Å². The molecule has 0 saturated heterocycles. The fourth-order valence-electron chi connectivity index (χ4n) is 2.59. The lowest BCUT2D eigenvalue weighted by molar-refractivity contribution is 0.103. The number of carbonyl (C=O) groups excluding carboxylic acids is 1. The van der Waals surface area contributed by atoms with Crippen molar-refractivity contribution in [3.8, 4) is 0 Å². The molecule has 1 aliphatic rings. The summed E-state index contributed by atoms with van der Waals surface area (Å²) in [7, 11) is 1.66. The molecule has 20 heavy (non-hydrogen) atoms. The van der Waals surface area contributed by atoms with E-state index in [1.54, 1.807) is 13.1 Å². The van der Waals surface area contributed by atoms with Crippen LogP contribution in [0.3, 0.4) is 0 Å². The van der Waals surface area contributed by atoms with E-state index in [-0.39, 0.29) is 11.3 Å². The van der Waals surface area contributed by atoms with Crippen LogP contribution in [0.5, 0.6) is 0 Å². The average Bonchev–Trinajstić information content (AvgIpc) is 3.21. The molecule has 0 spiro atoms. The predicted molar refractivity (Wildman–Crippen MR) is 77.4 cm³/mol. The van der Waals surface area contributed by atoms with Crippen molar-refractivity contribution in [2.24, 2.45) is 7.05 Å². The maximum Gasteiger partial charge on any atom is 0.277 e. The maximum absolute atomic E-state index is 12.8. The van der Waals surface area contributed by atoms with Gasteiger partial charge in [-0.2, -0.15) is 0 Å². The van der Waals surface area contributed by atoms with Gasteiger partial charge in [0.1, 0.15) is 5.56 Å². The fraction of sp³-hybridized carbons (Fsp3) is 0.375. The first kappa shape index (κ1) is 12.9. The largest absolute Gasteiger partial charge is 0.299 e. The van der Waals surface area contributed by atoms with Crippen molar-refractivity contribution >= 4 is 5.78 Å². The van der Waals surface area contributed by atoms with Gasteiger partial charge in [-0.05, 0) is 37.8 Å². The van der Waals surface area contributed by atoms with Crippen LogP contribution in [-0.4, -0.2) is 15.6 Å². The second kappa shape index (κ2) is 4.47. The Labute approximate surface area is 117 Å². The Bertz CT molecular complexity index is 748. The number of H-pyrrole nitrogens is 1. The molecule has 2 aromatic rings. The molecule has 1 saturated carbocycles. The summed E-state index contributed by atoms with van der Waals surface area (Å²) in [6.07, 6.45) is 2.10. The van der Waals surface area contributed by atoms with E-state index in [0.29, 0.717) is 17.0 Å². The highest BCUT2D eigenvalue weighted by atomic mass is 16.2. The second-order valence-corrected chi connectivity index (χ2v) is 5.62. The molecule has 3 rings (SSSR count). The minimum Gasteiger partial charge on any atom is -0.299 e. The molecule has 0 atom stereocenters. The van der Waals surface area contributed by atoms with Crippen molar-refractivity contribution in [3.05, 3.63) is 56.5 Å². The minimum atomic E-state index is -0.224. The van der Waals surface area contributed by atoms with Gasteiger partial charge >= 0.3 is 0 Å². The molecule has 0 aliphatic heterocycles. The van der Waals surface area contributed by atoms with E-state index in [2.05, 4.69) is 5.10 Å². The van der Waals surface area contributed by atoms with Crippen molar-refractivity contribution in [1.82, 2.24) is 9.78 Å². The molecule has 4 nitrogen and oxygen atoms in total. The van der Waals surface area contributed by atoms with E-state index in [4.69, 9.17) is 0 Å². The topological polar surface area (TPSA) is 54.9 Å². The van der Waals surface area contributed by atoms with Gasteiger partial charge in [-0.25, -0.2) is 0 Å². The van der Waals surface area contributed by atoms with Gasteiger partial charge in [0.15, 0.2) is 0 Å². The zero-order valence-electron chi connectivity index (χ0n) is 12.0. The van der Waals surface area contributed by atoms with Crippen LogP contribution in [0.15, 0.2) is 23.0 Å². The quantitative estimate of drug-likeness (QED) is 0.871. The van der Waals surface area contributed by atoms with E-state index in [1.807, 2.05) is 26.0 Å². The monoisotopic (exact) mass is 270 g/mol. The van der Waals surface area contributed by atoms with Crippen molar-refractivity contribution in [2.75, 3.05) is 0 Å². The Hall–Kier alpha value is -2.10. The molecular weight excluding hydrogens is 252 g/mol. The number of aryl methyl sites for hydroxylation is 2. The summed E-state index contributed by atoms with van der Waals surface area (Å²) >= 11 is 0. The second-order valence-electron chi connectivity index (χ2n) is 5.62. The highest BCUT2D eigenvalue weighted by Gasteiger charge is 2.33. The lowest BCUT2D eigenvalue weighted by Gasteiger charge is -2.07. The molecule has 1 aliphatic carbocycles. The summed E-state index contributed by atoms with van der Waals surface area (Å²) in [4.78, 5) is 25.0. The highest BCUT2D eigenvalue weighted by Crippen LogP contribution is 2.40. The number of hydrogen-bond donors (Lipinski definition) is 1. The van der Waals surface area contributed by atoms with E-state index >= 15 is 0 Å². The standard InChI is InChI=1S/C16H18N2O2/c1-9-5-4-6-12(10(9)2)15(19)13-14(11-7-8-11)17-18(3)16(13)20/h4-6,11,17H,7-8H2,1-3H3. The third-order valence-corrected chi connectivity index (χ3v) is 4.14. The maximum atomic E-state index is 12.8. The summed E-state index contributed by atoms with van der Waals surface area (Å²) in [6, 6.07) is 5.64. The Morgan fingerprint density at radius 2 is 2.00 bits per heavy atom. The minimum absolute atomic E-state index is 0.157. The fourth-order valence-corrected chi connectivity index (χ4v) is 2.59. The molecule has 0 unspecified atom stereocenters. The number of benzene rings is 1. The van der Waals surface area contributed by atoms with Gasteiger partial charge in [-0.15, -0.1) is 0 Å². The number of rotatable bonds is 3. The number of nitrogens with zero attached hydrogens (tertiary/aromatic N) is 1. The number of aromatic amines is 1. The summed E-state index contributed by atoms with van der Waals surface area (Å²) in [5.74, 6) is 0.183. The van der Waals surface area contributed by atoms with Crippen molar-refractivity contribution in [1.29, 1.82) is 0 Å². The van der Waals surface area contributed by atoms with Crippen LogP contribution in [0.2, 0.25) is 0 Å². The van der Waals surface area contributed by atoms with Gasteiger partial charge < -0.3 is 0 Å². The smallest absolute Gasteiger partial charge is 0.277 e. The first-order valence-electron chi connectivity index (χ1n) is 6.90. The lowest BCUT2D eigenvalue weighted by Crippen LogP contribution is -2.20. The summed E-state index contributed by atoms with van der Waals surface area (Å²) in [5.41, 5.74) is 3.55. The van der Waals surface area contributed by atoms with Gasteiger partial charge in [0.2, 0.25) is 5.78 Å².